The van der Waals surface area contributed by atoms with Crippen molar-refractivity contribution in [3.05, 3.63) is 88.8 Å². The van der Waals surface area contributed by atoms with Crippen LogP contribution in [0.15, 0.2) is 48.5 Å². The highest BCUT2D eigenvalue weighted by atomic mass is 19.2. The van der Waals surface area contributed by atoms with Gasteiger partial charge in [0.2, 0.25) is 11.6 Å². The quantitative estimate of drug-likeness (QED) is 0.209. The minimum absolute atomic E-state index is 0.0321. The van der Waals surface area contributed by atoms with Gasteiger partial charge in [0, 0.05) is 11.1 Å². The number of benzene rings is 3. The molecule has 3 aromatic carbocycles. The number of halogens is 5. The van der Waals surface area contributed by atoms with Crippen molar-refractivity contribution in [3.8, 4) is 22.6 Å². The van der Waals surface area contributed by atoms with Gasteiger partial charge in [-0.2, -0.15) is 8.78 Å². The highest BCUT2D eigenvalue weighted by Gasteiger charge is 2.21. The molecule has 196 valence electrons. The second-order valence-corrected chi connectivity index (χ2v) is 9.33. The van der Waals surface area contributed by atoms with Crippen molar-refractivity contribution in [1.82, 2.24) is 0 Å². The summed E-state index contributed by atoms with van der Waals surface area (Å²) in [6.45, 7) is 3.96. The molecule has 37 heavy (non-hydrogen) atoms. The van der Waals surface area contributed by atoms with Gasteiger partial charge in [-0.05, 0) is 79.5 Å². The normalized spacial score (nSPS) is 15.4. The zero-order chi connectivity index (χ0) is 26.5. The molecule has 0 aliphatic heterocycles. The molecule has 0 saturated carbocycles. The van der Waals surface area contributed by atoms with E-state index in [1.807, 2.05) is 13.0 Å². The standard InChI is InChI=1S/C30H29F5O2/c1-3-4-15-36-25-14-12-23(28(33)30(25)35)22-11-10-21(16-24(22)31)20-8-6-19(7-9-20)17-37-26-13-5-18(2)27(32)29(26)34/h5,8,10-14,16,19H,3-4,6-7,9,15,17H2,1-2H3. The van der Waals surface area contributed by atoms with Gasteiger partial charge in [-0.3, -0.25) is 0 Å². The molecule has 0 aromatic heterocycles. The van der Waals surface area contributed by atoms with Gasteiger partial charge in [0.1, 0.15) is 5.82 Å². The van der Waals surface area contributed by atoms with Gasteiger partial charge < -0.3 is 9.47 Å². The topological polar surface area (TPSA) is 18.5 Å². The van der Waals surface area contributed by atoms with Gasteiger partial charge in [0.15, 0.2) is 23.1 Å². The maximum absolute atomic E-state index is 15.0. The number of aryl methyl sites for hydroxylation is 1. The third-order valence-electron chi connectivity index (χ3n) is 6.67. The minimum atomic E-state index is -1.15. The van der Waals surface area contributed by atoms with Crippen molar-refractivity contribution in [2.45, 2.75) is 46.0 Å². The molecule has 1 aliphatic carbocycles. The molecule has 0 amide bonds. The van der Waals surface area contributed by atoms with Crippen LogP contribution in [0.4, 0.5) is 22.0 Å². The third-order valence-corrected chi connectivity index (χ3v) is 6.67. The highest BCUT2D eigenvalue weighted by Crippen LogP contribution is 2.35. The Morgan fingerprint density at radius 1 is 0.811 bits per heavy atom. The molecule has 0 fully saturated rings. The van der Waals surface area contributed by atoms with Crippen molar-refractivity contribution in [1.29, 1.82) is 0 Å². The first-order valence-electron chi connectivity index (χ1n) is 12.5. The number of rotatable bonds is 9. The molecule has 7 heteroatoms. The van der Waals surface area contributed by atoms with Crippen molar-refractivity contribution < 1.29 is 31.4 Å². The van der Waals surface area contributed by atoms with Crippen LogP contribution in [0.2, 0.25) is 0 Å². The van der Waals surface area contributed by atoms with Gasteiger partial charge >= 0.3 is 0 Å². The van der Waals surface area contributed by atoms with Crippen LogP contribution in [-0.2, 0) is 0 Å². The predicted molar refractivity (Wildman–Crippen MR) is 134 cm³/mol. The first-order valence-corrected chi connectivity index (χ1v) is 12.5. The Morgan fingerprint density at radius 3 is 2.22 bits per heavy atom. The van der Waals surface area contributed by atoms with Gasteiger partial charge in [0.05, 0.1) is 13.2 Å². The predicted octanol–water partition coefficient (Wildman–Crippen LogP) is 8.80. The number of unbranched alkanes of at least 4 members (excludes halogenated alkanes) is 1. The molecule has 0 bridgehead atoms. The second-order valence-electron chi connectivity index (χ2n) is 9.33. The van der Waals surface area contributed by atoms with Crippen molar-refractivity contribution in [2.24, 2.45) is 5.92 Å². The summed E-state index contributed by atoms with van der Waals surface area (Å²) in [5.41, 5.74) is 1.61. The number of hydrogen-bond acceptors (Lipinski definition) is 2. The molecule has 1 unspecified atom stereocenters. The molecule has 1 aliphatic rings. The van der Waals surface area contributed by atoms with Gasteiger partial charge in [-0.15, -0.1) is 0 Å². The summed E-state index contributed by atoms with van der Waals surface area (Å²) in [4.78, 5) is 0. The van der Waals surface area contributed by atoms with E-state index in [4.69, 9.17) is 9.47 Å². The first-order chi connectivity index (χ1) is 17.8. The SMILES string of the molecule is CCCCOc1ccc(-c2ccc(C3=CCC(COc4ccc(C)c(F)c4F)CC3)cc2F)c(F)c1F. The van der Waals surface area contributed by atoms with Crippen molar-refractivity contribution >= 4 is 5.57 Å². The van der Waals surface area contributed by atoms with Crippen molar-refractivity contribution in [2.75, 3.05) is 13.2 Å². The largest absolute Gasteiger partial charge is 0.490 e. The van der Waals surface area contributed by atoms with E-state index in [1.54, 1.807) is 6.07 Å². The average Bonchev–Trinajstić information content (AvgIpc) is 2.90. The molecular formula is C30H29F5O2. The Hall–Kier alpha value is -3.35. The lowest BCUT2D eigenvalue weighted by atomic mass is 9.86. The van der Waals surface area contributed by atoms with Crippen molar-refractivity contribution in [3.63, 3.8) is 0 Å². The third kappa shape index (κ3) is 5.97. The van der Waals surface area contributed by atoms with Gasteiger partial charge in [-0.25, -0.2) is 13.2 Å². The minimum Gasteiger partial charge on any atom is -0.490 e. The van der Waals surface area contributed by atoms with Crippen LogP contribution in [0.3, 0.4) is 0 Å². The zero-order valence-corrected chi connectivity index (χ0v) is 20.9. The van der Waals surface area contributed by atoms with E-state index in [2.05, 4.69) is 0 Å². The summed E-state index contributed by atoms with van der Waals surface area (Å²) >= 11 is 0. The first kappa shape index (κ1) is 26.7. The Kier molecular flexibility index (Phi) is 8.52. The molecule has 0 spiro atoms. The maximum atomic E-state index is 15.0. The van der Waals surface area contributed by atoms with E-state index in [0.29, 0.717) is 24.8 Å². The molecule has 0 saturated heterocycles. The zero-order valence-electron chi connectivity index (χ0n) is 20.9. The maximum Gasteiger partial charge on any atom is 0.201 e. The summed E-state index contributed by atoms with van der Waals surface area (Å²) in [6.07, 6.45) is 5.55. The summed E-state index contributed by atoms with van der Waals surface area (Å²) in [6, 6.07) is 10.0. The molecule has 3 aromatic rings. The van der Waals surface area contributed by atoms with E-state index < -0.39 is 29.1 Å². The summed E-state index contributed by atoms with van der Waals surface area (Å²) < 4.78 is 82.7. The van der Waals surface area contributed by atoms with E-state index >= 15 is 4.39 Å². The summed E-state index contributed by atoms with van der Waals surface area (Å²) in [7, 11) is 0. The van der Waals surface area contributed by atoms with Crippen LogP contribution in [-0.4, -0.2) is 13.2 Å². The molecular weight excluding hydrogens is 487 g/mol. The van der Waals surface area contributed by atoms with Gasteiger partial charge in [0.25, 0.3) is 0 Å². The monoisotopic (exact) mass is 516 g/mol. The van der Waals surface area contributed by atoms with Crippen LogP contribution < -0.4 is 9.47 Å². The number of hydrogen-bond donors (Lipinski definition) is 0. The molecule has 1 atom stereocenters. The lowest BCUT2D eigenvalue weighted by molar-refractivity contribution is 0.228. The van der Waals surface area contributed by atoms with E-state index in [9.17, 15) is 17.6 Å². The number of ether oxygens (including phenoxy) is 2. The molecule has 4 rings (SSSR count). The fraction of sp³-hybridized carbons (Fsp3) is 0.333. The Bertz CT molecular complexity index is 1300. The Labute approximate surface area is 213 Å². The van der Waals surface area contributed by atoms with Crippen LogP contribution in [0.5, 0.6) is 11.5 Å². The molecule has 0 heterocycles. The van der Waals surface area contributed by atoms with Crippen LogP contribution in [0, 0.1) is 41.9 Å². The second kappa shape index (κ2) is 11.8. The Morgan fingerprint density at radius 2 is 1.51 bits per heavy atom. The number of allylic oxidation sites excluding steroid dienone is 2. The van der Waals surface area contributed by atoms with E-state index in [0.717, 1.165) is 18.4 Å². The smallest absolute Gasteiger partial charge is 0.201 e. The lowest BCUT2D eigenvalue weighted by Gasteiger charge is -2.23. The summed E-state index contributed by atoms with van der Waals surface area (Å²) in [5, 5.41) is 0. The molecule has 0 N–H and O–H groups in total. The van der Waals surface area contributed by atoms with Crippen LogP contribution >= 0.6 is 0 Å². The fourth-order valence-electron chi connectivity index (χ4n) is 4.36. The van der Waals surface area contributed by atoms with E-state index in [-0.39, 0.29) is 47.3 Å². The molecule has 0 radical (unpaired) electrons. The average molecular weight is 517 g/mol. The Balaban J connectivity index is 1.42. The fourth-order valence-corrected chi connectivity index (χ4v) is 4.36. The summed E-state index contributed by atoms with van der Waals surface area (Å²) in [5.74, 6) is -5.03. The molecule has 2 nitrogen and oxygen atoms in total. The van der Waals surface area contributed by atoms with Crippen LogP contribution in [0.1, 0.15) is 50.2 Å². The van der Waals surface area contributed by atoms with Crippen LogP contribution in [0.25, 0.3) is 16.7 Å². The highest BCUT2D eigenvalue weighted by molar-refractivity contribution is 5.72. The van der Waals surface area contributed by atoms with Gasteiger partial charge in [-0.1, -0.05) is 37.6 Å². The lowest BCUT2D eigenvalue weighted by Crippen LogP contribution is -2.15. The van der Waals surface area contributed by atoms with E-state index in [1.165, 1.54) is 43.3 Å².